The van der Waals surface area contributed by atoms with E-state index in [0.29, 0.717) is 13.0 Å². The highest BCUT2D eigenvalue weighted by molar-refractivity contribution is 5.90. The predicted molar refractivity (Wildman–Crippen MR) is 112 cm³/mol. The van der Waals surface area contributed by atoms with E-state index in [0.717, 1.165) is 19.3 Å². The fourth-order valence-electron chi connectivity index (χ4n) is 2.07. The molecule has 0 saturated carbocycles. The molecule has 0 aromatic heterocycles. The molecule has 29 heavy (non-hydrogen) atoms. The maximum absolute atomic E-state index is 12.7. The van der Waals surface area contributed by atoms with Crippen molar-refractivity contribution in [1.29, 1.82) is 0 Å². The molecule has 0 aliphatic heterocycles. The van der Waals surface area contributed by atoms with Crippen LogP contribution in [0.1, 0.15) is 60.3 Å². The molecule has 0 fully saturated rings. The summed E-state index contributed by atoms with van der Waals surface area (Å²) in [6, 6.07) is -0.465. The molecule has 2 atom stereocenters. The third-order valence-corrected chi connectivity index (χ3v) is 3.77. The highest BCUT2D eigenvalue weighted by Crippen LogP contribution is 2.15. The number of unbranched alkanes of at least 4 members (excludes halogenated alkanes) is 2. The number of nitrogens with one attached hydrogen (secondary N) is 2. The second-order valence-electron chi connectivity index (χ2n) is 6.92. The van der Waals surface area contributed by atoms with Crippen LogP contribution in [0.25, 0.3) is 0 Å². The first-order valence-corrected chi connectivity index (χ1v) is 10.1. The Morgan fingerprint density at radius 3 is 2.03 bits per heavy atom. The standard InChI is InChI=1S/C21H36N2O6/c1-7-10-14-27-19(25)22-17(6)12-13-21(9-3,18(24)29-16(4)5)23-20(26)28-15-11-8-2/h9,12-13,16-17H,3,7-8,10-11,14-15H2,1-2,4-6H3,(H,22,25)(H,23,26). The van der Waals surface area contributed by atoms with E-state index in [1.54, 1.807) is 26.8 Å². The first kappa shape index (κ1) is 26.5. The Labute approximate surface area is 174 Å². The lowest BCUT2D eigenvalue weighted by molar-refractivity contribution is -0.151. The van der Waals surface area contributed by atoms with Crippen molar-refractivity contribution in [3.05, 3.63) is 24.8 Å². The molecule has 0 heterocycles. The summed E-state index contributed by atoms with van der Waals surface area (Å²) in [5, 5.41) is 5.14. The Balaban J connectivity index is 5.23. The lowest BCUT2D eigenvalue weighted by Crippen LogP contribution is -2.53. The van der Waals surface area contributed by atoms with E-state index in [-0.39, 0.29) is 6.61 Å². The van der Waals surface area contributed by atoms with Crippen molar-refractivity contribution in [3.8, 4) is 0 Å². The average Bonchev–Trinajstić information content (AvgIpc) is 2.65. The molecule has 2 amide bonds. The largest absolute Gasteiger partial charge is 0.461 e. The number of carbonyl (C=O) groups is 3. The van der Waals surface area contributed by atoms with Gasteiger partial charge in [-0.1, -0.05) is 45.4 Å². The summed E-state index contributed by atoms with van der Waals surface area (Å²) in [4.78, 5) is 36.6. The number of amides is 2. The second-order valence-corrected chi connectivity index (χ2v) is 6.92. The van der Waals surface area contributed by atoms with Crippen LogP contribution in [-0.4, -0.2) is 49.1 Å². The fraction of sp³-hybridized carbons (Fsp3) is 0.667. The summed E-state index contributed by atoms with van der Waals surface area (Å²) in [6.07, 6.45) is 5.80. The van der Waals surface area contributed by atoms with Gasteiger partial charge in [0.15, 0.2) is 5.54 Å². The molecular weight excluding hydrogens is 376 g/mol. The molecule has 166 valence electrons. The van der Waals surface area contributed by atoms with Crippen molar-refractivity contribution in [2.24, 2.45) is 0 Å². The van der Waals surface area contributed by atoms with Gasteiger partial charge in [-0.25, -0.2) is 14.4 Å². The van der Waals surface area contributed by atoms with Crippen molar-refractivity contribution in [2.45, 2.75) is 78.0 Å². The van der Waals surface area contributed by atoms with Gasteiger partial charge in [0.05, 0.1) is 19.3 Å². The van der Waals surface area contributed by atoms with Crippen LogP contribution >= 0.6 is 0 Å². The van der Waals surface area contributed by atoms with Gasteiger partial charge < -0.3 is 19.5 Å². The van der Waals surface area contributed by atoms with E-state index in [2.05, 4.69) is 17.2 Å². The van der Waals surface area contributed by atoms with Crippen LogP contribution in [0.3, 0.4) is 0 Å². The molecule has 0 aromatic rings. The van der Waals surface area contributed by atoms with Gasteiger partial charge in [-0.2, -0.15) is 0 Å². The van der Waals surface area contributed by atoms with Crippen molar-refractivity contribution < 1.29 is 28.6 Å². The Hall–Kier alpha value is -2.51. The topological polar surface area (TPSA) is 103 Å². The Morgan fingerprint density at radius 2 is 1.55 bits per heavy atom. The highest BCUT2D eigenvalue weighted by atomic mass is 16.6. The minimum Gasteiger partial charge on any atom is -0.461 e. The Kier molecular flexibility index (Phi) is 13.2. The van der Waals surface area contributed by atoms with Gasteiger partial charge in [-0.15, -0.1) is 0 Å². The van der Waals surface area contributed by atoms with Crippen LogP contribution in [0.2, 0.25) is 0 Å². The SMILES string of the molecule is C=CC(C=CC(C)NC(=O)OCCCC)(NC(=O)OCCCC)C(=O)OC(C)C. The van der Waals surface area contributed by atoms with Crippen molar-refractivity contribution in [2.75, 3.05) is 13.2 Å². The highest BCUT2D eigenvalue weighted by Gasteiger charge is 2.37. The normalized spacial score (nSPS) is 14.0. The summed E-state index contributed by atoms with van der Waals surface area (Å²) in [5.74, 6) is -0.705. The number of ether oxygens (including phenoxy) is 3. The van der Waals surface area contributed by atoms with E-state index in [1.807, 2.05) is 13.8 Å². The molecule has 0 aliphatic rings. The van der Waals surface area contributed by atoms with Crippen molar-refractivity contribution in [3.63, 3.8) is 0 Å². The maximum atomic E-state index is 12.7. The molecule has 8 nitrogen and oxygen atoms in total. The summed E-state index contributed by atoms with van der Waals surface area (Å²) >= 11 is 0. The van der Waals surface area contributed by atoms with Crippen LogP contribution in [0.15, 0.2) is 24.8 Å². The fourth-order valence-corrected chi connectivity index (χ4v) is 2.07. The first-order chi connectivity index (χ1) is 13.7. The van der Waals surface area contributed by atoms with E-state index in [1.165, 1.54) is 12.2 Å². The number of hydrogen-bond acceptors (Lipinski definition) is 6. The molecule has 0 spiro atoms. The zero-order valence-electron chi connectivity index (χ0n) is 18.3. The summed E-state index contributed by atoms with van der Waals surface area (Å²) < 4.78 is 15.4. The third-order valence-electron chi connectivity index (χ3n) is 3.77. The third kappa shape index (κ3) is 11.2. The molecule has 0 aromatic carbocycles. The van der Waals surface area contributed by atoms with Crippen LogP contribution < -0.4 is 10.6 Å². The van der Waals surface area contributed by atoms with E-state index >= 15 is 0 Å². The number of carbonyl (C=O) groups excluding carboxylic acids is 3. The van der Waals surface area contributed by atoms with Gasteiger partial charge in [-0.05, 0) is 39.7 Å². The molecule has 0 bridgehead atoms. The molecule has 0 rings (SSSR count). The molecular formula is C21H36N2O6. The molecule has 8 heteroatoms. The zero-order chi connectivity index (χ0) is 22.3. The second kappa shape index (κ2) is 14.5. The summed E-state index contributed by atoms with van der Waals surface area (Å²) in [6.45, 7) is 13.3. The van der Waals surface area contributed by atoms with Crippen LogP contribution in [-0.2, 0) is 19.0 Å². The number of esters is 1. The Morgan fingerprint density at radius 1 is 1.00 bits per heavy atom. The van der Waals surface area contributed by atoms with Gasteiger partial charge in [0.1, 0.15) is 0 Å². The van der Waals surface area contributed by atoms with Gasteiger partial charge >= 0.3 is 18.2 Å². The minimum absolute atomic E-state index is 0.236. The monoisotopic (exact) mass is 412 g/mol. The van der Waals surface area contributed by atoms with Crippen LogP contribution in [0.4, 0.5) is 9.59 Å². The minimum atomic E-state index is -1.63. The maximum Gasteiger partial charge on any atom is 0.408 e. The summed E-state index contributed by atoms with van der Waals surface area (Å²) in [7, 11) is 0. The Bertz CT molecular complexity index is 561. The summed E-state index contributed by atoms with van der Waals surface area (Å²) in [5.41, 5.74) is -1.63. The number of hydrogen-bond donors (Lipinski definition) is 2. The van der Waals surface area contributed by atoms with Gasteiger partial charge in [-0.3, -0.25) is 5.32 Å². The van der Waals surface area contributed by atoms with E-state index in [9.17, 15) is 14.4 Å². The van der Waals surface area contributed by atoms with Crippen LogP contribution in [0.5, 0.6) is 0 Å². The van der Waals surface area contributed by atoms with Gasteiger partial charge in [0, 0.05) is 6.04 Å². The zero-order valence-corrected chi connectivity index (χ0v) is 18.3. The van der Waals surface area contributed by atoms with Gasteiger partial charge in [0.25, 0.3) is 0 Å². The number of alkyl carbamates (subject to hydrolysis) is 2. The average molecular weight is 413 g/mol. The number of rotatable bonds is 13. The van der Waals surface area contributed by atoms with E-state index in [4.69, 9.17) is 14.2 Å². The quantitative estimate of drug-likeness (QED) is 0.206. The lowest BCUT2D eigenvalue weighted by Gasteiger charge is -2.27. The predicted octanol–water partition coefficient (Wildman–Crippen LogP) is 3.86. The van der Waals surface area contributed by atoms with Crippen LogP contribution in [0, 0.1) is 0 Å². The first-order valence-electron chi connectivity index (χ1n) is 10.1. The van der Waals surface area contributed by atoms with E-state index < -0.39 is 35.8 Å². The lowest BCUT2D eigenvalue weighted by atomic mass is 9.98. The molecule has 0 radical (unpaired) electrons. The molecule has 0 saturated heterocycles. The van der Waals surface area contributed by atoms with Crippen molar-refractivity contribution in [1.82, 2.24) is 10.6 Å². The molecule has 2 unspecified atom stereocenters. The molecule has 0 aliphatic carbocycles. The molecule has 2 N–H and O–H groups in total. The smallest absolute Gasteiger partial charge is 0.408 e. The van der Waals surface area contributed by atoms with Gasteiger partial charge in [0.2, 0.25) is 0 Å². The van der Waals surface area contributed by atoms with Crippen molar-refractivity contribution >= 4 is 18.2 Å².